The number of H-pyrrole nitrogens is 2. The normalized spacial score (nSPS) is 10.0. The largest absolute Gasteiger partial charge is 0.461 e. The van der Waals surface area contributed by atoms with E-state index in [0.717, 1.165) is 25.0 Å². The lowest BCUT2D eigenvalue weighted by Crippen LogP contribution is -2.05. The number of carbonyl (C=O) groups excluding carboxylic acids is 2. The van der Waals surface area contributed by atoms with Gasteiger partial charge in [-0.1, -0.05) is 30.3 Å². The second kappa shape index (κ2) is 12.2. The minimum atomic E-state index is -0.299. The Morgan fingerprint density at radius 1 is 0.793 bits per heavy atom. The predicted octanol–water partition coefficient (Wildman–Crippen LogP) is 4.56. The molecule has 0 aliphatic heterocycles. The predicted molar refractivity (Wildman–Crippen MR) is 112 cm³/mol. The van der Waals surface area contributed by atoms with Crippen molar-refractivity contribution in [3.63, 3.8) is 0 Å². The SMILES string of the molecule is CCOC(=O)c1ccc(CCCc2ccccc2)[nH]1.CCOC(=O)c1ccc[nH]1. The van der Waals surface area contributed by atoms with Crippen molar-refractivity contribution < 1.29 is 19.1 Å². The summed E-state index contributed by atoms with van der Waals surface area (Å²) in [5.41, 5.74) is 3.47. The van der Waals surface area contributed by atoms with Gasteiger partial charge in [0.25, 0.3) is 0 Å². The van der Waals surface area contributed by atoms with Crippen molar-refractivity contribution in [1.82, 2.24) is 9.97 Å². The van der Waals surface area contributed by atoms with E-state index in [-0.39, 0.29) is 11.9 Å². The molecule has 0 aliphatic rings. The lowest BCUT2D eigenvalue weighted by atomic mass is 10.1. The average Bonchev–Trinajstić information content (AvgIpc) is 3.42. The third kappa shape index (κ3) is 7.70. The van der Waals surface area contributed by atoms with Crippen molar-refractivity contribution in [3.05, 3.63) is 83.4 Å². The summed E-state index contributed by atoms with van der Waals surface area (Å²) in [4.78, 5) is 28.2. The van der Waals surface area contributed by atoms with Gasteiger partial charge < -0.3 is 19.4 Å². The number of esters is 2. The van der Waals surface area contributed by atoms with Crippen molar-refractivity contribution in [2.45, 2.75) is 33.1 Å². The van der Waals surface area contributed by atoms with Crippen LogP contribution in [0.15, 0.2) is 60.8 Å². The van der Waals surface area contributed by atoms with Gasteiger partial charge >= 0.3 is 11.9 Å². The molecule has 2 N–H and O–H groups in total. The van der Waals surface area contributed by atoms with Gasteiger partial charge in [-0.3, -0.25) is 0 Å². The van der Waals surface area contributed by atoms with Crippen molar-refractivity contribution in [2.75, 3.05) is 13.2 Å². The number of hydrogen-bond donors (Lipinski definition) is 2. The summed E-state index contributed by atoms with van der Waals surface area (Å²) in [6, 6.07) is 17.6. The number of aromatic amines is 2. The summed E-state index contributed by atoms with van der Waals surface area (Å²) in [5.74, 6) is -0.579. The monoisotopic (exact) mass is 396 g/mol. The Morgan fingerprint density at radius 2 is 1.48 bits per heavy atom. The van der Waals surface area contributed by atoms with Crippen LogP contribution in [-0.2, 0) is 22.3 Å². The van der Waals surface area contributed by atoms with Crippen LogP contribution < -0.4 is 0 Å². The van der Waals surface area contributed by atoms with Gasteiger partial charge in [-0.25, -0.2) is 9.59 Å². The first-order valence-electron chi connectivity index (χ1n) is 9.83. The standard InChI is InChI=1S/C16H19NO2.C7H9NO2/c1-2-19-16(18)15-12-11-14(17-15)10-6-9-13-7-4-3-5-8-13;1-2-10-7(9)6-4-3-5-8-6/h3-5,7-8,11-12,17H,2,6,9-10H2,1H3;3-5,8H,2H2,1H3. The van der Waals surface area contributed by atoms with Crippen LogP contribution in [0.25, 0.3) is 0 Å². The van der Waals surface area contributed by atoms with Crippen LogP contribution in [0.2, 0.25) is 0 Å². The zero-order chi connectivity index (χ0) is 20.9. The molecule has 0 saturated carbocycles. The quantitative estimate of drug-likeness (QED) is 0.547. The highest BCUT2D eigenvalue weighted by atomic mass is 16.5. The Bertz CT molecular complexity index is 854. The van der Waals surface area contributed by atoms with E-state index in [4.69, 9.17) is 9.47 Å². The van der Waals surface area contributed by atoms with Gasteiger partial charge in [0, 0.05) is 11.9 Å². The molecule has 3 aromatic rings. The maximum Gasteiger partial charge on any atom is 0.354 e. The topological polar surface area (TPSA) is 84.2 Å². The van der Waals surface area contributed by atoms with Gasteiger partial charge in [0.05, 0.1) is 13.2 Å². The number of hydrogen-bond acceptors (Lipinski definition) is 4. The molecule has 0 bridgehead atoms. The summed E-state index contributed by atoms with van der Waals surface area (Å²) < 4.78 is 9.66. The van der Waals surface area contributed by atoms with E-state index in [9.17, 15) is 9.59 Å². The fraction of sp³-hybridized carbons (Fsp3) is 0.304. The Balaban J connectivity index is 0.000000253. The van der Waals surface area contributed by atoms with Gasteiger partial charge in [0.2, 0.25) is 0 Å². The zero-order valence-electron chi connectivity index (χ0n) is 16.9. The van der Waals surface area contributed by atoms with E-state index in [1.807, 2.05) is 19.1 Å². The highest BCUT2D eigenvalue weighted by molar-refractivity contribution is 5.87. The zero-order valence-corrected chi connectivity index (χ0v) is 16.9. The molecule has 0 saturated heterocycles. The van der Waals surface area contributed by atoms with Crippen molar-refractivity contribution in [3.8, 4) is 0 Å². The Morgan fingerprint density at radius 3 is 2.10 bits per heavy atom. The molecule has 154 valence electrons. The lowest BCUT2D eigenvalue weighted by Gasteiger charge is -2.01. The van der Waals surface area contributed by atoms with E-state index in [1.165, 1.54) is 5.56 Å². The molecule has 6 heteroatoms. The average molecular weight is 396 g/mol. The molecule has 2 heterocycles. The van der Waals surface area contributed by atoms with Crippen LogP contribution in [0.5, 0.6) is 0 Å². The summed E-state index contributed by atoms with van der Waals surface area (Å²) in [6.45, 7) is 4.40. The molecule has 0 radical (unpaired) electrons. The van der Waals surface area contributed by atoms with Crippen LogP contribution >= 0.6 is 0 Å². The first-order valence-corrected chi connectivity index (χ1v) is 9.83. The van der Waals surface area contributed by atoms with E-state index < -0.39 is 0 Å². The minimum absolute atomic E-state index is 0.281. The molecule has 2 aromatic heterocycles. The van der Waals surface area contributed by atoms with Crippen LogP contribution in [0.1, 0.15) is 52.5 Å². The van der Waals surface area contributed by atoms with Gasteiger partial charge in [0.1, 0.15) is 11.4 Å². The van der Waals surface area contributed by atoms with Crippen LogP contribution in [0.4, 0.5) is 0 Å². The number of benzene rings is 1. The molecule has 1 aromatic carbocycles. The molecule has 0 aliphatic carbocycles. The van der Waals surface area contributed by atoms with Crippen molar-refractivity contribution in [2.24, 2.45) is 0 Å². The Labute approximate surface area is 171 Å². The van der Waals surface area contributed by atoms with E-state index in [2.05, 4.69) is 34.2 Å². The lowest BCUT2D eigenvalue weighted by molar-refractivity contribution is 0.0511. The van der Waals surface area contributed by atoms with Crippen LogP contribution in [0.3, 0.4) is 0 Å². The van der Waals surface area contributed by atoms with E-state index >= 15 is 0 Å². The van der Waals surface area contributed by atoms with Gasteiger partial charge in [0.15, 0.2) is 0 Å². The molecule has 0 amide bonds. The molecular weight excluding hydrogens is 368 g/mol. The Hall–Kier alpha value is -3.28. The molecule has 0 atom stereocenters. The van der Waals surface area contributed by atoms with Crippen LogP contribution in [-0.4, -0.2) is 35.1 Å². The maximum absolute atomic E-state index is 11.5. The molecule has 0 spiro atoms. The van der Waals surface area contributed by atoms with Crippen molar-refractivity contribution >= 4 is 11.9 Å². The van der Waals surface area contributed by atoms with E-state index in [0.29, 0.717) is 24.6 Å². The number of aryl methyl sites for hydroxylation is 2. The molecule has 0 fully saturated rings. The molecule has 6 nitrogen and oxygen atoms in total. The number of ether oxygens (including phenoxy) is 2. The first kappa shape index (κ1) is 22.0. The molecular formula is C23H28N2O4. The number of rotatable bonds is 8. The summed E-state index contributed by atoms with van der Waals surface area (Å²) in [5, 5.41) is 0. The Kier molecular flexibility index (Phi) is 9.29. The third-order valence-electron chi connectivity index (χ3n) is 4.09. The first-order chi connectivity index (χ1) is 14.1. The smallest absolute Gasteiger partial charge is 0.354 e. The summed E-state index contributed by atoms with van der Waals surface area (Å²) in [6.07, 6.45) is 4.74. The second-order valence-electron chi connectivity index (χ2n) is 6.26. The second-order valence-corrected chi connectivity index (χ2v) is 6.26. The van der Waals surface area contributed by atoms with Gasteiger partial charge in [-0.15, -0.1) is 0 Å². The van der Waals surface area contributed by atoms with Gasteiger partial charge in [-0.05, 0) is 62.9 Å². The van der Waals surface area contributed by atoms with Gasteiger partial charge in [-0.2, -0.15) is 0 Å². The minimum Gasteiger partial charge on any atom is -0.461 e. The third-order valence-corrected chi connectivity index (χ3v) is 4.09. The fourth-order valence-corrected chi connectivity index (χ4v) is 2.71. The summed E-state index contributed by atoms with van der Waals surface area (Å²) in [7, 11) is 0. The number of carbonyl (C=O) groups is 2. The number of aromatic nitrogens is 2. The highest BCUT2D eigenvalue weighted by Gasteiger charge is 2.08. The maximum atomic E-state index is 11.5. The van der Waals surface area contributed by atoms with Crippen molar-refractivity contribution in [1.29, 1.82) is 0 Å². The molecule has 0 unspecified atom stereocenters. The number of nitrogens with one attached hydrogen (secondary N) is 2. The summed E-state index contributed by atoms with van der Waals surface area (Å²) >= 11 is 0. The molecule has 3 rings (SSSR count). The molecule has 29 heavy (non-hydrogen) atoms. The van der Waals surface area contributed by atoms with Crippen LogP contribution in [0, 0.1) is 0 Å². The van der Waals surface area contributed by atoms with E-state index in [1.54, 1.807) is 31.3 Å². The highest BCUT2D eigenvalue weighted by Crippen LogP contribution is 2.09. The fourth-order valence-electron chi connectivity index (χ4n) is 2.71.